The third kappa shape index (κ3) is 8.85. The van der Waals surface area contributed by atoms with Crippen LogP contribution in [0.25, 0.3) is 11.3 Å². The zero-order chi connectivity index (χ0) is 47.5. The van der Waals surface area contributed by atoms with Crippen molar-refractivity contribution in [2.45, 2.75) is 104 Å². The highest BCUT2D eigenvalue weighted by Gasteiger charge is 2.38. The van der Waals surface area contributed by atoms with E-state index in [1.54, 1.807) is 50.5 Å². The van der Waals surface area contributed by atoms with Crippen LogP contribution in [0.2, 0.25) is 0 Å². The van der Waals surface area contributed by atoms with Crippen LogP contribution in [0.4, 0.5) is 34.4 Å². The van der Waals surface area contributed by atoms with Gasteiger partial charge in [0, 0.05) is 111 Å². The number of amides is 2. The van der Waals surface area contributed by atoms with Crippen LogP contribution < -0.4 is 30.9 Å². The Bertz CT molecular complexity index is 2810. The van der Waals surface area contributed by atoms with Crippen LogP contribution in [0, 0.1) is 5.41 Å². The normalized spacial score (nSPS) is 20.7. The zero-order valence-electron chi connectivity index (χ0n) is 39.7. The molecule has 3 atom stereocenters. The number of anilines is 6. The van der Waals surface area contributed by atoms with Gasteiger partial charge in [-0.3, -0.25) is 29.2 Å². The van der Waals surface area contributed by atoms with Crippen molar-refractivity contribution >= 4 is 46.2 Å². The van der Waals surface area contributed by atoms with Crippen molar-refractivity contribution in [1.29, 1.82) is 0 Å². The number of aryl methyl sites for hydroxylation is 1. The molecule has 3 aliphatic heterocycles. The maximum atomic E-state index is 14.1. The number of hydrogen-bond acceptors (Lipinski definition) is 12. The lowest BCUT2D eigenvalue weighted by molar-refractivity contribution is -0.111. The SMILES string of the molecule is C=CC(=O)Nc1cc(Nc2nc(-c3ccnc(N4CCn5c(cc6c5CC(C)(C)C6)C4=O)c3CO)cn(C)c2=O)ccc1N1CCN(C2CCN(c3ccnc(C(C)(C)O)c3)[C@@H](C)C2)C[C@@H]1C. The van der Waals surface area contributed by atoms with Crippen molar-refractivity contribution in [1.82, 2.24) is 29.0 Å². The minimum atomic E-state index is -1.01. The van der Waals surface area contributed by atoms with Gasteiger partial charge in [-0.2, -0.15) is 0 Å². The number of aliphatic hydroxyl groups is 2. The van der Waals surface area contributed by atoms with E-state index in [9.17, 15) is 24.6 Å². The Morgan fingerprint density at radius 3 is 2.49 bits per heavy atom. The van der Waals surface area contributed by atoms with E-state index in [0.717, 1.165) is 63.2 Å². The molecule has 1 aliphatic carbocycles. The number of rotatable bonds is 11. The summed E-state index contributed by atoms with van der Waals surface area (Å²) in [6.45, 7) is 20.2. The highest BCUT2D eigenvalue weighted by molar-refractivity contribution is 6.06. The Morgan fingerprint density at radius 1 is 0.970 bits per heavy atom. The first-order chi connectivity index (χ1) is 31.9. The van der Waals surface area contributed by atoms with Crippen LogP contribution >= 0.6 is 0 Å². The van der Waals surface area contributed by atoms with Gasteiger partial charge in [0.1, 0.15) is 17.1 Å². The number of piperidine rings is 1. The van der Waals surface area contributed by atoms with E-state index in [1.807, 2.05) is 36.4 Å². The lowest BCUT2D eigenvalue weighted by Crippen LogP contribution is -2.58. The molecule has 4 aliphatic rings. The first-order valence-corrected chi connectivity index (χ1v) is 23.4. The monoisotopic (exact) mass is 910 g/mol. The Hall–Kier alpha value is -6.36. The number of hydrogen-bond donors (Lipinski definition) is 4. The van der Waals surface area contributed by atoms with E-state index in [0.29, 0.717) is 70.6 Å². The number of pyridine rings is 2. The third-order valence-electron chi connectivity index (χ3n) is 14.2. The second-order valence-corrected chi connectivity index (χ2v) is 20.1. The van der Waals surface area contributed by atoms with Gasteiger partial charge < -0.3 is 39.8 Å². The van der Waals surface area contributed by atoms with Crippen LogP contribution in [0.1, 0.15) is 87.4 Å². The summed E-state index contributed by atoms with van der Waals surface area (Å²) in [4.78, 5) is 63.4. The first kappa shape index (κ1) is 45.8. The third-order valence-corrected chi connectivity index (χ3v) is 14.2. The molecule has 67 heavy (non-hydrogen) atoms. The van der Waals surface area contributed by atoms with Gasteiger partial charge in [0.2, 0.25) is 5.91 Å². The van der Waals surface area contributed by atoms with Crippen molar-refractivity contribution in [3.05, 3.63) is 112 Å². The van der Waals surface area contributed by atoms with Gasteiger partial charge in [-0.15, -0.1) is 0 Å². The number of aliphatic hydroxyl groups excluding tert-OH is 1. The summed E-state index contributed by atoms with van der Waals surface area (Å²) in [7, 11) is 1.64. The summed E-state index contributed by atoms with van der Waals surface area (Å²) in [5, 5.41) is 27.6. The minimum Gasteiger partial charge on any atom is -0.392 e. The number of nitrogens with one attached hydrogen (secondary N) is 2. The van der Waals surface area contributed by atoms with Gasteiger partial charge in [-0.1, -0.05) is 20.4 Å². The van der Waals surface area contributed by atoms with Crippen LogP contribution in [-0.2, 0) is 43.4 Å². The summed E-state index contributed by atoms with van der Waals surface area (Å²) in [5.74, 6) is -0.115. The molecular formula is C51H63N11O5. The molecule has 16 heteroatoms. The largest absolute Gasteiger partial charge is 0.392 e. The van der Waals surface area contributed by atoms with Crippen LogP contribution in [0.15, 0.2) is 78.5 Å². The number of carbonyl (C=O) groups is 2. The quantitative estimate of drug-likeness (QED) is 0.114. The van der Waals surface area contributed by atoms with Crippen molar-refractivity contribution in [2.24, 2.45) is 12.5 Å². The van der Waals surface area contributed by atoms with Gasteiger partial charge in [0.25, 0.3) is 11.5 Å². The fourth-order valence-electron chi connectivity index (χ4n) is 10.8. The Balaban J connectivity index is 0.924. The second-order valence-electron chi connectivity index (χ2n) is 20.1. The fourth-order valence-corrected chi connectivity index (χ4v) is 10.8. The van der Waals surface area contributed by atoms with E-state index < -0.39 is 12.2 Å². The molecule has 0 saturated carbocycles. The first-order valence-electron chi connectivity index (χ1n) is 23.4. The lowest BCUT2D eigenvalue weighted by atomic mass is 9.90. The smallest absolute Gasteiger partial charge is 0.293 e. The van der Waals surface area contributed by atoms with Crippen LogP contribution in [-0.4, -0.2) is 102 Å². The number of carbonyl (C=O) groups excluding carboxylic acids is 2. The van der Waals surface area contributed by atoms with Crippen LogP contribution in [0.5, 0.6) is 0 Å². The Labute approximate surface area is 392 Å². The van der Waals surface area contributed by atoms with Crippen molar-refractivity contribution in [3.8, 4) is 11.3 Å². The summed E-state index contributed by atoms with van der Waals surface area (Å²) in [6.07, 6.45) is 10.1. The molecule has 16 nitrogen and oxygen atoms in total. The molecule has 0 radical (unpaired) electrons. The van der Waals surface area contributed by atoms with Crippen molar-refractivity contribution in [2.75, 3.05) is 58.1 Å². The predicted octanol–water partition coefficient (Wildman–Crippen LogP) is 5.98. The molecule has 4 N–H and O–H groups in total. The zero-order valence-corrected chi connectivity index (χ0v) is 39.7. The van der Waals surface area contributed by atoms with Crippen molar-refractivity contribution < 1.29 is 19.8 Å². The molecule has 5 aromatic rings. The Morgan fingerprint density at radius 2 is 1.76 bits per heavy atom. The molecule has 2 amide bonds. The number of piperazine rings is 1. The van der Waals surface area contributed by atoms with Gasteiger partial charge in [-0.05, 0) is 113 Å². The number of nitrogens with zero attached hydrogens (tertiary/aromatic N) is 9. The molecule has 2 fully saturated rings. The standard InChI is InChI=1S/C51H63N11O5/c1-9-45(64)55-39-24-34(10-11-41(39)60-19-18-58(28-32(60)3)35-14-17-59(31(2)22-35)36-12-15-52-44(25-36)51(6,7)67)54-46-49(66)57(8)29-40(56-46)37-13-16-53-47(38(37)30-63)62-21-20-61-42(48(62)65)23-33-26-50(4,5)27-43(33)61/h9-13,15-16,23-25,29,31-32,35,63,67H,1,14,17-22,26-28,30H2,2-8H3,(H,54,56)(H,55,64)/t31-,32-,35?/m0/s1. The molecule has 352 valence electrons. The van der Waals surface area contributed by atoms with Gasteiger partial charge in [-0.25, -0.2) is 9.97 Å². The fraction of sp³-hybridized carbons (Fsp3) is 0.451. The molecule has 9 rings (SSSR count). The number of aromatic nitrogens is 5. The number of benzene rings is 1. The average Bonchev–Trinajstić information content (AvgIpc) is 3.79. The summed E-state index contributed by atoms with van der Waals surface area (Å²) in [5.41, 5.74) is 6.95. The maximum absolute atomic E-state index is 14.1. The van der Waals surface area contributed by atoms with Gasteiger partial charge >= 0.3 is 0 Å². The summed E-state index contributed by atoms with van der Waals surface area (Å²) >= 11 is 0. The predicted molar refractivity (Wildman–Crippen MR) is 262 cm³/mol. The van der Waals surface area contributed by atoms with E-state index in [1.165, 1.54) is 21.9 Å². The van der Waals surface area contributed by atoms with E-state index in [2.05, 4.69) is 74.1 Å². The van der Waals surface area contributed by atoms with Crippen LogP contribution in [0.3, 0.4) is 0 Å². The van der Waals surface area contributed by atoms with Gasteiger partial charge in [0.05, 0.1) is 29.4 Å². The molecule has 4 aromatic heterocycles. The van der Waals surface area contributed by atoms with E-state index >= 15 is 0 Å². The topological polar surface area (TPSA) is 177 Å². The van der Waals surface area contributed by atoms with E-state index in [4.69, 9.17) is 4.98 Å². The highest BCUT2D eigenvalue weighted by Crippen LogP contribution is 2.41. The average molecular weight is 910 g/mol. The highest BCUT2D eigenvalue weighted by atomic mass is 16.3. The minimum absolute atomic E-state index is 0.0455. The molecule has 0 bridgehead atoms. The second kappa shape index (κ2) is 17.7. The lowest BCUT2D eigenvalue weighted by Gasteiger charge is -2.48. The van der Waals surface area contributed by atoms with Gasteiger partial charge in [0.15, 0.2) is 5.82 Å². The summed E-state index contributed by atoms with van der Waals surface area (Å²) < 4.78 is 3.58. The molecule has 1 unspecified atom stereocenters. The molecule has 1 aromatic carbocycles. The Kier molecular flexibility index (Phi) is 12.1. The number of fused-ring (bicyclic) bond motifs is 3. The molecule has 2 saturated heterocycles. The molecule has 0 spiro atoms. The molecular weight excluding hydrogens is 847 g/mol. The maximum Gasteiger partial charge on any atom is 0.293 e. The van der Waals surface area contributed by atoms with E-state index in [-0.39, 0.29) is 34.6 Å². The van der Waals surface area contributed by atoms with Crippen molar-refractivity contribution in [3.63, 3.8) is 0 Å². The summed E-state index contributed by atoms with van der Waals surface area (Å²) in [6, 6.07) is 14.3. The molecule has 7 heterocycles.